The number of nitrogens with zero attached hydrogens (tertiary/aromatic N) is 4. The van der Waals surface area contributed by atoms with Crippen molar-refractivity contribution in [3.05, 3.63) is 9.66 Å². The molecule has 1 aromatic heterocycles. The zero-order valence-electron chi connectivity index (χ0n) is 10.0. The molecule has 0 aromatic carbocycles. The van der Waals surface area contributed by atoms with Gasteiger partial charge in [0.05, 0.1) is 12.6 Å². The number of fused-ring (bicyclic) bond motifs is 1. The molecule has 0 radical (unpaired) electrons. The van der Waals surface area contributed by atoms with Gasteiger partial charge in [-0.3, -0.25) is 4.90 Å². The molecule has 2 rings (SSSR count). The Morgan fingerprint density at radius 3 is 2.71 bits per heavy atom. The lowest BCUT2D eigenvalue weighted by molar-refractivity contribution is 0.0873. The van der Waals surface area contributed by atoms with Crippen LogP contribution >= 0.6 is 22.6 Å². The highest BCUT2D eigenvalue weighted by Crippen LogP contribution is 2.34. The topological polar surface area (TPSA) is 71.2 Å². The molecule has 0 fully saturated rings. The van der Waals surface area contributed by atoms with Crippen molar-refractivity contribution < 1.29 is 9.90 Å². The molecule has 2 heterocycles. The standard InChI is InChI=1S/C10H15IN4O2/c1-10(2,3)6-4-14(9(16)17)5-7-12-8(11)13-15(6)7/h6H,4-5H2,1-3H3,(H,16,17). The van der Waals surface area contributed by atoms with E-state index >= 15 is 0 Å². The van der Waals surface area contributed by atoms with E-state index in [2.05, 4.69) is 53.4 Å². The lowest BCUT2D eigenvalue weighted by Gasteiger charge is -2.38. The summed E-state index contributed by atoms with van der Waals surface area (Å²) in [6, 6.07) is 0.0263. The van der Waals surface area contributed by atoms with E-state index in [1.54, 1.807) is 0 Å². The van der Waals surface area contributed by atoms with E-state index < -0.39 is 6.09 Å². The van der Waals surface area contributed by atoms with Crippen molar-refractivity contribution in [2.45, 2.75) is 33.4 Å². The summed E-state index contributed by atoms with van der Waals surface area (Å²) in [5.74, 6) is 0.725. The number of hydrogen-bond acceptors (Lipinski definition) is 3. The molecule has 94 valence electrons. The Morgan fingerprint density at radius 2 is 2.18 bits per heavy atom. The molecule has 7 heteroatoms. The van der Waals surface area contributed by atoms with Crippen LogP contribution in [0, 0.1) is 9.25 Å². The van der Waals surface area contributed by atoms with Crippen LogP contribution in [-0.2, 0) is 6.54 Å². The number of amides is 1. The van der Waals surface area contributed by atoms with Crippen molar-refractivity contribution in [2.75, 3.05) is 6.54 Å². The Hall–Kier alpha value is -0.860. The lowest BCUT2D eigenvalue weighted by atomic mass is 9.85. The molecule has 1 aliphatic rings. The Bertz CT molecular complexity index is 452. The average Bonchev–Trinajstić information content (AvgIpc) is 2.54. The van der Waals surface area contributed by atoms with Gasteiger partial charge in [-0.2, -0.15) is 0 Å². The van der Waals surface area contributed by atoms with Crippen LogP contribution in [0.5, 0.6) is 0 Å². The van der Waals surface area contributed by atoms with Gasteiger partial charge in [-0.15, -0.1) is 5.10 Å². The fourth-order valence-electron chi connectivity index (χ4n) is 1.99. The highest BCUT2D eigenvalue weighted by atomic mass is 127. The van der Waals surface area contributed by atoms with Crippen LogP contribution in [-0.4, -0.2) is 37.4 Å². The van der Waals surface area contributed by atoms with E-state index in [0.29, 0.717) is 16.9 Å². The van der Waals surface area contributed by atoms with Gasteiger partial charge in [-0.25, -0.2) is 14.5 Å². The summed E-state index contributed by atoms with van der Waals surface area (Å²) in [6.07, 6.45) is -0.900. The zero-order valence-corrected chi connectivity index (χ0v) is 12.2. The quantitative estimate of drug-likeness (QED) is 0.727. The second-order valence-electron chi connectivity index (χ2n) is 5.29. The van der Waals surface area contributed by atoms with Crippen LogP contribution in [0.3, 0.4) is 0 Å². The normalized spacial score (nSPS) is 20.2. The molecule has 1 amide bonds. The molecule has 0 spiro atoms. The Morgan fingerprint density at radius 1 is 1.53 bits per heavy atom. The summed E-state index contributed by atoms with van der Waals surface area (Å²) in [7, 11) is 0. The highest BCUT2D eigenvalue weighted by Gasteiger charge is 2.37. The SMILES string of the molecule is CC(C)(C)C1CN(C(=O)O)Cc2nc(I)nn21. The molecule has 6 nitrogen and oxygen atoms in total. The van der Waals surface area contributed by atoms with Gasteiger partial charge in [0.25, 0.3) is 0 Å². The van der Waals surface area contributed by atoms with Gasteiger partial charge >= 0.3 is 6.09 Å². The van der Waals surface area contributed by atoms with Crippen molar-refractivity contribution in [3.63, 3.8) is 0 Å². The molecule has 17 heavy (non-hydrogen) atoms. The molecule has 1 unspecified atom stereocenters. The molecule has 0 bridgehead atoms. The van der Waals surface area contributed by atoms with Gasteiger partial charge in [0.1, 0.15) is 5.82 Å². The van der Waals surface area contributed by atoms with Gasteiger partial charge < -0.3 is 5.11 Å². The first-order valence-corrected chi connectivity index (χ1v) is 6.45. The summed E-state index contributed by atoms with van der Waals surface area (Å²) >= 11 is 2.05. The second-order valence-corrected chi connectivity index (χ2v) is 6.25. The number of aromatic nitrogens is 3. The first kappa shape index (κ1) is 12.6. The average molecular weight is 350 g/mol. The lowest BCUT2D eigenvalue weighted by Crippen LogP contribution is -2.45. The van der Waals surface area contributed by atoms with E-state index in [0.717, 1.165) is 5.82 Å². The number of hydrogen-bond donors (Lipinski definition) is 1. The molecule has 1 aliphatic heterocycles. The van der Waals surface area contributed by atoms with E-state index in [9.17, 15) is 4.79 Å². The summed E-state index contributed by atoms with van der Waals surface area (Å²) in [5, 5.41) is 13.5. The smallest absolute Gasteiger partial charge is 0.407 e. The Labute approximate surface area is 113 Å². The number of carboxylic acid groups (broad SMARTS) is 1. The van der Waals surface area contributed by atoms with Crippen LogP contribution in [0.2, 0.25) is 0 Å². The van der Waals surface area contributed by atoms with Gasteiger partial charge in [0.2, 0.25) is 3.83 Å². The largest absolute Gasteiger partial charge is 0.465 e. The van der Waals surface area contributed by atoms with Gasteiger partial charge in [-0.1, -0.05) is 20.8 Å². The second kappa shape index (κ2) is 4.11. The van der Waals surface area contributed by atoms with Crippen molar-refractivity contribution in [1.29, 1.82) is 0 Å². The Kier molecular flexibility index (Phi) is 3.04. The van der Waals surface area contributed by atoms with Crippen molar-refractivity contribution in [2.24, 2.45) is 5.41 Å². The molecular weight excluding hydrogens is 335 g/mol. The van der Waals surface area contributed by atoms with Crippen LogP contribution in [0.1, 0.15) is 32.6 Å². The van der Waals surface area contributed by atoms with E-state index in [4.69, 9.17) is 5.11 Å². The maximum atomic E-state index is 11.1. The first-order valence-electron chi connectivity index (χ1n) is 5.38. The maximum absolute atomic E-state index is 11.1. The molecule has 0 saturated heterocycles. The van der Waals surface area contributed by atoms with Crippen LogP contribution in [0.25, 0.3) is 0 Å². The Balaban J connectivity index is 2.42. The predicted octanol–water partition coefficient (Wildman–Crippen LogP) is 1.96. The molecule has 0 saturated carbocycles. The number of halogens is 1. The van der Waals surface area contributed by atoms with Crippen molar-refractivity contribution >= 4 is 28.7 Å². The fraction of sp³-hybridized carbons (Fsp3) is 0.700. The monoisotopic (exact) mass is 350 g/mol. The third kappa shape index (κ3) is 2.38. The summed E-state index contributed by atoms with van der Waals surface area (Å²) in [6.45, 7) is 7.03. The van der Waals surface area contributed by atoms with E-state index in [-0.39, 0.29) is 11.5 Å². The highest BCUT2D eigenvalue weighted by molar-refractivity contribution is 14.1. The summed E-state index contributed by atoms with van der Waals surface area (Å²) in [4.78, 5) is 16.8. The van der Waals surface area contributed by atoms with E-state index in [1.165, 1.54) is 4.90 Å². The predicted molar refractivity (Wildman–Crippen MR) is 69.7 cm³/mol. The third-order valence-corrected chi connectivity index (χ3v) is 3.42. The summed E-state index contributed by atoms with van der Waals surface area (Å²) < 4.78 is 2.54. The third-order valence-electron chi connectivity index (χ3n) is 2.97. The van der Waals surface area contributed by atoms with Crippen LogP contribution in [0.4, 0.5) is 4.79 Å². The first-order chi connectivity index (χ1) is 7.79. The molecule has 1 aromatic rings. The fourth-order valence-corrected chi connectivity index (χ4v) is 2.50. The number of carbonyl (C=O) groups is 1. The molecule has 1 atom stereocenters. The van der Waals surface area contributed by atoms with Crippen LogP contribution in [0.15, 0.2) is 0 Å². The van der Waals surface area contributed by atoms with Gasteiger partial charge in [0.15, 0.2) is 0 Å². The minimum atomic E-state index is -0.900. The molecule has 1 N–H and O–H groups in total. The van der Waals surface area contributed by atoms with Gasteiger partial charge in [-0.05, 0) is 5.41 Å². The zero-order chi connectivity index (χ0) is 12.8. The van der Waals surface area contributed by atoms with Crippen molar-refractivity contribution in [3.8, 4) is 0 Å². The maximum Gasteiger partial charge on any atom is 0.407 e. The van der Waals surface area contributed by atoms with Crippen LogP contribution < -0.4 is 0 Å². The van der Waals surface area contributed by atoms with E-state index in [1.807, 2.05) is 4.68 Å². The molecule has 0 aliphatic carbocycles. The van der Waals surface area contributed by atoms with Crippen molar-refractivity contribution in [1.82, 2.24) is 19.7 Å². The molecular formula is C10H15IN4O2. The summed E-state index contributed by atoms with van der Waals surface area (Å²) in [5.41, 5.74) is -0.0559. The van der Waals surface area contributed by atoms with Gasteiger partial charge in [0, 0.05) is 29.1 Å². The number of rotatable bonds is 0. The minimum absolute atomic E-state index is 0.0263. The minimum Gasteiger partial charge on any atom is -0.465 e.